The van der Waals surface area contributed by atoms with E-state index in [4.69, 9.17) is 4.74 Å². The van der Waals surface area contributed by atoms with Gasteiger partial charge in [-0.1, -0.05) is 32.0 Å². The van der Waals surface area contributed by atoms with E-state index in [2.05, 4.69) is 10.6 Å². The first-order valence-corrected chi connectivity index (χ1v) is 9.54. The smallest absolute Gasteiger partial charge is 0.255 e. The molecule has 0 unspecified atom stereocenters. The zero-order valence-corrected chi connectivity index (χ0v) is 16.5. The fourth-order valence-corrected chi connectivity index (χ4v) is 2.61. The van der Waals surface area contributed by atoms with Crippen LogP contribution in [0.15, 0.2) is 78.9 Å². The van der Waals surface area contributed by atoms with E-state index in [1.807, 2.05) is 44.2 Å². The lowest BCUT2D eigenvalue weighted by atomic mass is 10.1. The SMILES string of the molecule is CC(C)CNC(=O)c1ccc(C(=O)Nc2ccc(Oc3ccccc3)cc2)cc1. The molecule has 0 aliphatic rings. The number of carbonyl (C=O) groups excluding carboxylic acids is 2. The number of hydrogen-bond donors (Lipinski definition) is 2. The molecule has 0 saturated carbocycles. The van der Waals surface area contributed by atoms with Crippen LogP contribution in [0.3, 0.4) is 0 Å². The molecule has 0 saturated heterocycles. The zero-order chi connectivity index (χ0) is 20.6. The summed E-state index contributed by atoms with van der Waals surface area (Å²) in [5.74, 6) is 1.44. The lowest BCUT2D eigenvalue weighted by Gasteiger charge is -2.09. The Balaban J connectivity index is 1.57. The first-order valence-electron chi connectivity index (χ1n) is 9.54. The standard InChI is InChI=1S/C24H24N2O3/c1-17(2)16-25-23(27)18-8-10-19(11-9-18)24(28)26-20-12-14-22(15-13-20)29-21-6-4-3-5-7-21/h3-15,17H,16H2,1-2H3,(H,25,27)(H,26,28). The van der Waals surface area contributed by atoms with Gasteiger partial charge in [-0.25, -0.2) is 0 Å². The highest BCUT2D eigenvalue weighted by molar-refractivity contribution is 6.05. The van der Waals surface area contributed by atoms with Crippen molar-refractivity contribution in [3.8, 4) is 11.5 Å². The molecule has 5 nitrogen and oxygen atoms in total. The Hall–Kier alpha value is -3.60. The Bertz CT molecular complexity index is 950. The lowest BCUT2D eigenvalue weighted by Crippen LogP contribution is -2.27. The highest BCUT2D eigenvalue weighted by Gasteiger charge is 2.10. The van der Waals surface area contributed by atoms with Crippen molar-refractivity contribution in [2.45, 2.75) is 13.8 Å². The molecule has 0 heterocycles. The average Bonchev–Trinajstić information content (AvgIpc) is 2.74. The van der Waals surface area contributed by atoms with Crippen molar-refractivity contribution in [1.82, 2.24) is 5.32 Å². The van der Waals surface area contributed by atoms with Gasteiger partial charge in [-0.2, -0.15) is 0 Å². The number of amides is 2. The highest BCUT2D eigenvalue weighted by atomic mass is 16.5. The predicted octanol–water partition coefficient (Wildman–Crippen LogP) is 5.12. The molecule has 0 aromatic heterocycles. The molecule has 0 atom stereocenters. The van der Waals surface area contributed by atoms with E-state index < -0.39 is 0 Å². The molecule has 0 spiro atoms. The van der Waals surface area contributed by atoms with Crippen LogP contribution in [0.4, 0.5) is 5.69 Å². The minimum absolute atomic E-state index is 0.139. The second kappa shape index (κ2) is 9.55. The maximum Gasteiger partial charge on any atom is 0.255 e. The molecular formula is C24H24N2O3. The fraction of sp³-hybridized carbons (Fsp3) is 0.167. The van der Waals surface area contributed by atoms with Gasteiger partial charge in [0.15, 0.2) is 0 Å². The number of benzene rings is 3. The second-order valence-electron chi connectivity index (χ2n) is 7.07. The van der Waals surface area contributed by atoms with Crippen LogP contribution >= 0.6 is 0 Å². The van der Waals surface area contributed by atoms with Crippen LogP contribution in [-0.2, 0) is 0 Å². The summed E-state index contributed by atoms with van der Waals surface area (Å²) in [6.45, 7) is 4.69. The van der Waals surface area contributed by atoms with Gasteiger partial charge in [0.25, 0.3) is 11.8 Å². The monoisotopic (exact) mass is 388 g/mol. The van der Waals surface area contributed by atoms with Crippen LogP contribution in [0, 0.1) is 5.92 Å². The van der Waals surface area contributed by atoms with Crippen LogP contribution in [0.1, 0.15) is 34.6 Å². The third-order valence-corrected chi connectivity index (χ3v) is 4.17. The van der Waals surface area contributed by atoms with Crippen LogP contribution < -0.4 is 15.4 Å². The quantitative estimate of drug-likeness (QED) is 0.590. The van der Waals surface area contributed by atoms with Gasteiger partial charge in [-0.3, -0.25) is 9.59 Å². The first-order chi connectivity index (χ1) is 14.0. The largest absolute Gasteiger partial charge is 0.457 e. The highest BCUT2D eigenvalue weighted by Crippen LogP contribution is 2.22. The van der Waals surface area contributed by atoms with Crippen molar-refractivity contribution in [3.63, 3.8) is 0 Å². The predicted molar refractivity (Wildman–Crippen MR) is 115 cm³/mol. The van der Waals surface area contributed by atoms with Gasteiger partial charge in [0, 0.05) is 23.4 Å². The van der Waals surface area contributed by atoms with Crippen molar-refractivity contribution >= 4 is 17.5 Å². The van der Waals surface area contributed by atoms with Crippen molar-refractivity contribution < 1.29 is 14.3 Å². The number of carbonyl (C=O) groups is 2. The molecular weight excluding hydrogens is 364 g/mol. The van der Waals surface area contributed by atoms with E-state index in [1.165, 1.54) is 0 Å². The first kappa shape index (κ1) is 20.1. The molecule has 0 aliphatic heterocycles. The fourth-order valence-electron chi connectivity index (χ4n) is 2.61. The van der Waals surface area contributed by atoms with E-state index in [0.29, 0.717) is 35.0 Å². The van der Waals surface area contributed by atoms with Gasteiger partial charge in [-0.05, 0) is 66.6 Å². The zero-order valence-electron chi connectivity index (χ0n) is 16.5. The van der Waals surface area contributed by atoms with E-state index in [9.17, 15) is 9.59 Å². The van der Waals surface area contributed by atoms with Gasteiger partial charge in [0.05, 0.1) is 0 Å². The molecule has 0 fully saturated rings. The van der Waals surface area contributed by atoms with Crippen LogP contribution in [0.2, 0.25) is 0 Å². The van der Waals surface area contributed by atoms with Crippen molar-refractivity contribution in [1.29, 1.82) is 0 Å². The Morgan fingerprint density at radius 3 is 1.90 bits per heavy atom. The number of rotatable bonds is 7. The summed E-state index contributed by atoms with van der Waals surface area (Å²) in [6.07, 6.45) is 0. The minimum atomic E-state index is -0.240. The molecule has 0 radical (unpaired) electrons. The lowest BCUT2D eigenvalue weighted by molar-refractivity contribution is 0.0947. The summed E-state index contributed by atoms with van der Waals surface area (Å²) in [5.41, 5.74) is 1.67. The Labute approximate surface area is 170 Å². The Morgan fingerprint density at radius 2 is 1.31 bits per heavy atom. The van der Waals surface area contributed by atoms with Crippen LogP contribution in [0.25, 0.3) is 0 Å². The number of anilines is 1. The molecule has 3 aromatic rings. The maximum atomic E-state index is 12.4. The Kier molecular flexibility index (Phi) is 6.63. The molecule has 5 heteroatoms. The van der Waals surface area contributed by atoms with Gasteiger partial charge < -0.3 is 15.4 Å². The van der Waals surface area contributed by atoms with Gasteiger partial charge in [0.2, 0.25) is 0 Å². The minimum Gasteiger partial charge on any atom is -0.457 e. The second-order valence-corrected chi connectivity index (χ2v) is 7.07. The van der Waals surface area contributed by atoms with Crippen molar-refractivity contribution in [2.24, 2.45) is 5.92 Å². The topological polar surface area (TPSA) is 67.4 Å². The summed E-state index contributed by atoms with van der Waals surface area (Å²) in [5, 5.41) is 5.70. The van der Waals surface area contributed by atoms with E-state index in [0.717, 1.165) is 5.75 Å². The molecule has 29 heavy (non-hydrogen) atoms. The molecule has 2 amide bonds. The third-order valence-electron chi connectivity index (χ3n) is 4.17. The summed E-state index contributed by atoms with van der Waals surface area (Å²) in [7, 11) is 0. The normalized spacial score (nSPS) is 10.4. The van der Waals surface area contributed by atoms with Gasteiger partial charge >= 0.3 is 0 Å². The van der Waals surface area contributed by atoms with Crippen molar-refractivity contribution in [2.75, 3.05) is 11.9 Å². The molecule has 0 aliphatic carbocycles. The van der Waals surface area contributed by atoms with E-state index in [1.54, 1.807) is 48.5 Å². The summed E-state index contributed by atoms with van der Waals surface area (Å²) < 4.78 is 5.74. The van der Waals surface area contributed by atoms with Crippen molar-refractivity contribution in [3.05, 3.63) is 90.0 Å². The summed E-state index contributed by atoms with van der Waals surface area (Å²) in [6, 6.07) is 23.2. The summed E-state index contributed by atoms with van der Waals surface area (Å²) >= 11 is 0. The average molecular weight is 388 g/mol. The molecule has 2 N–H and O–H groups in total. The van der Waals surface area contributed by atoms with E-state index >= 15 is 0 Å². The number of hydrogen-bond acceptors (Lipinski definition) is 3. The van der Waals surface area contributed by atoms with E-state index in [-0.39, 0.29) is 11.8 Å². The number of ether oxygens (including phenoxy) is 1. The van der Waals surface area contributed by atoms with Crippen LogP contribution in [-0.4, -0.2) is 18.4 Å². The van der Waals surface area contributed by atoms with Gasteiger partial charge in [0.1, 0.15) is 11.5 Å². The molecule has 3 rings (SSSR count). The number of para-hydroxylation sites is 1. The van der Waals surface area contributed by atoms with Crippen LogP contribution in [0.5, 0.6) is 11.5 Å². The Morgan fingerprint density at radius 1 is 0.759 bits per heavy atom. The maximum absolute atomic E-state index is 12.4. The molecule has 148 valence electrons. The third kappa shape index (κ3) is 5.94. The summed E-state index contributed by atoms with van der Waals surface area (Å²) in [4.78, 5) is 24.5. The molecule has 0 bridgehead atoms. The van der Waals surface area contributed by atoms with Gasteiger partial charge in [-0.15, -0.1) is 0 Å². The molecule has 3 aromatic carbocycles. The number of nitrogens with one attached hydrogen (secondary N) is 2.